The summed E-state index contributed by atoms with van der Waals surface area (Å²) in [6.45, 7) is 1.52. The minimum Gasteiger partial charge on any atom is -0.396 e. The molecule has 7 heteroatoms. The van der Waals surface area contributed by atoms with E-state index in [0.29, 0.717) is 6.42 Å². The number of benzene rings is 1. The first kappa shape index (κ1) is 15.8. The SMILES string of the molecule is C[C@H](CCO)NC(=O)c1cc(Cl)cc(C(F)(F)F)c1. The summed E-state index contributed by atoms with van der Waals surface area (Å²) in [4.78, 5) is 11.7. The molecule has 1 aromatic carbocycles. The zero-order valence-corrected chi connectivity index (χ0v) is 10.8. The molecule has 0 radical (unpaired) electrons. The predicted octanol–water partition coefficient (Wildman–Crippen LogP) is 2.86. The second-order valence-electron chi connectivity index (χ2n) is 4.11. The number of alkyl halides is 3. The first-order chi connectivity index (χ1) is 8.74. The second kappa shape index (κ2) is 6.25. The van der Waals surface area contributed by atoms with Crippen molar-refractivity contribution in [3.8, 4) is 0 Å². The fraction of sp³-hybridized carbons (Fsp3) is 0.417. The predicted molar refractivity (Wildman–Crippen MR) is 65.1 cm³/mol. The van der Waals surface area contributed by atoms with Gasteiger partial charge in [0, 0.05) is 23.2 Å². The summed E-state index contributed by atoms with van der Waals surface area (Å²) >= 11 is 5.58. The Morgan fingerprint density at radius 3 is 2.58 bits per heavy atom. The summed E-state index contributed by atoms with van der Waals surface area (Å²) in [7, 11) is 0. The zero-order valence-electron chi connectivity index (χ0n) is 10.1. The first-order valence-corrected chi connectivity index (χ1v) is 5.91. The quantitative estimate of drug-likeness (QED) is 0.897. The van der Waals surface area contributed by atoms with Gasteiger partial charge in [-0.3, -0.25) is 4.79 Å². The number of hydrogen-bond acceptors (Lipinski definition) is 2. The van der Waals surface area contributed by atoms with E-state index in [4.69, 9.17) is 16.7 Å². The number of carbonyl (C=O) groups is 1. The van der Waals surface area contributed by atoms with Crippen LogP contribution in [0.2, 0.25) is 5.02 Å². The standard InChI is InChI=1S/C12H13ClF3NO2/c1-7(2-3-18)17-11(19)8-4-9(12(14,15)16)6-10(13)5-8/h4-7,18H,2-3H2,1H3,(H,17,19)/t7-/m1/s1. The summed E-state index contributed by atoms with van der Waals surface area (Å²) in [6, 6.07) is 2.32. The third-order valence-electron chi connectivity index (χ3n) is 2.43. The summed E-state index contributed by atoms with van der Waals surface area (Å²) in [5.41, 5.74) is -1.13. The lowest BCUT2D eigenvalue weighted by Crippen LogP contribution is -2.33. The molecule has 0 heterocycles. The van der Waals surface area contributed by atoms with Crippen LogP contribution in [-0.2, 0) is 6.18 Å². The Labute approximate surface area is 113 Å². The van der Waals surface area contributed by atoms with Gasteiger partial charge < -0.3 is 10.4 Å². The maximum atomic E-state index is 12.6. The van der Waals surface area contributed by atoms with Crippen LogP contribution in [0, 0.1) is 0 Å². The molecule has 0 saturated carbocycles. The van der Waals surface area contributed by atoms with Crippen LogP contribution in [0.25, 0.3) is 0 Å². The van der Waals surface area contributed by atoms with Gasteiger partial charge in [-0.25, -0.2) is 0 Å². The van der Waals surface area contributed by atoms with E-state index < -0.39 is 17.6 Å². The van der Waals surface area contributed by atoms with Crippen molar-refractivity contribution in [1.29, 1.82) is 0 Å². The van der Waals surface area contributed by atoms with Gasteiger partial charge >= 0.3 is 6.18 Å². The Balaban J connectivity index is 2.95. The van der Waals surface area contributed by atoms with Crippen molar-refractivity contribution in [3.63, 3.8) is 0 Å². The van der Waals surface area contributed by atoms with Gasteiger partial charge in [0.25, 0.3) is 5.91 Å². The second-order valence-corrected chi connectivity index (χ2v) is 4.55. The maximum Gasteiger partial charge on any atom is 0.416 e. The van der Waals surface area contributed by atoms with Crippen LogP contribution in [0.1, 0.15) is 29.3 Å². The van der Waals surface area contributed by atoms with E-state index >= 15 is 0 Å². The van der Waals surface area contributed by atoms with Gasteiger partial charge in [0.05, 0.1) is 5.56 Å². The van der Waals surface area contributed by atoms with Gasteiger partial charge in [-0.05, 0) is 31.5 Å². The van der Waals surface area contributed by atoms with Crippen molar-refractivity contribution in [2.24, 2.45) is 0 Å². The van der Waals surface area contributed by atoms with Crippen LogP contribution in [0.5, 0.6) is 0 Å². The summed E-state index contributed by atoms with van der Waals surface area (Å²) in [5, 5.41) is 11.0. The summed E-state index contributed by atoms with van der Waals surface area (Å²) in [5.74, 6) is -0.658. The number of nitrogens with one attached hydrogen (secondary N) is 1. The summed E-state index contributed by atoms with van der Waals surface area (Å²) in [6.07, 6.45) is -4.24. The van der Waals surface area contributed by atoms with E-state index in [1.807, 2.05) is 0 Å². The normalized spacial score (nSPS) is 13.2. The topological polar surface area (TPSA) is 49.3 Å². The average Bonchev–Trinajstić information content (AvgIpc) is 2.27. The number of carbonyl (C=O) groups excluding carboxylic acids is 1. The number of rotatable bonds is 4. The fourth-order valence-corrected chi connectivity index (χ4v) is 1.69. The van der Waals surface area contributed by atoms with E-state index in [1.165, 1.54) is 0 Å². The minimum absolute atomic E-state index is 0.120. The minimum atomic E-state index is -4.56. The highest BCUT2D eigenvalue weighted by Crippen LogP contribution is 2.31. The Hall–Kier alpha value is -1.27. The highest BCUT2D eigenvalue weighted by atomic mass is 35.5. The molecule has 3 nitrogen and oxygen atoms in total. The molecule has 2 N–H and O–H groups in total. The highest BCUT2D eigenvalue weighted by Gasteiger charge is 2.31. The van der Waals surface area contributed by atoms with E-state index in [9.17, 15) is 18.0 Å². The van der Waals surface area contributed by atoms with Crippen molar-refractivity contribution in [2.45, 2.75) is 25.6 Å². The number of aliphatic hydroxyl groups excluding tert-OH is 1. The Kier molecular flexibility index (Phi) is 5.20. The Morgan fingerprint density at radius 1 is 1.42 bits per heavy atom. The molecule has 0 unspecified atom stereocenters. The van der Waals surface area contributed by atoms with Crippen molar-refractivity contribution in [3.05, 3.63) is 34.3 Å². The first-order valence-electron chi connectivity index (χ1n) is 5.53. The number of amides is 1. The van der Waals surface area contributed by atoms with Crippen molar-refractivity contribution < 1.29 is 23.1 Å². The molecule has 0 aliphatic heterocycles. The number of halogens is 4. The van der Waals surface area contributed by atoms with Crippen LogP contribution >= 0.6 is 11.6 Å². The smallest absolute Gasteiger partial charge is 0.396 e. The van der Waals surface area contributed by atoms with Crippen LogP contribution in [0.4, 0.5) is 13.2 Å². The van der Waals surface area contributed by atoms with Crippen molar-refractivity contribution in [2.75, 3.05) is 6.61 Å². The molecule has 0 aliphatic carbocycles. The molecule has 0 bridgehead atoms. The third-order valence-corrected chi connectivity index (χ3v) is 2.65. The maximum absolute atomic E-state index is 12.6. The summed E-state index contributed by atoms with van der Waals surface area (Å²) < 4.78 is 37.7. The van der Waals surface area contributed by atoms with Gasteiger partial charge in [0.15, 0.2) is 0 Å². The monoisotopic (exact) mass is 295 g/mol. The van der Waals surface area contributed by atoms with Crippen LogP contribution < -0.4 is 5.32 Å². The van der Waals surface area contributed by atoms with Crippen molar-refractivity contribution >= 4 is 17.5 Å². The van der Waals surface area contributed by atoms with Crippen LogP contribution in [0.3, 0.4) is 0 Å². The molecular formula is C12H13ClF3NO2. The Morgan fingerprint density at radius 2 is 2.05 bits per heavy atom. The molecule has 0 aliphatic rings. The molecule has 1 aromatic rings. The van der Waals surface area contributed by atoms with Gasteiger partial charge in [-0.2, -0.15) is 13.2 Å². The molecule has 1 rings (SSSR count). The number of hydrogen-bond donors (Lipinski definition) is 2. The molecule has 106 valence electrons. The van der Waals surface area contributed by atoms with Gasteiger partial charge in [0.1, 0.15) is 0 Å². The van der Waals surface area contributed by atoms with E-state index in [1.54, 1.807) is 6.92 Å². The molecule has 0 fully saturated rings. The van der Waals surface area contributed by atoms with Gasteiger partial charge in [-0.15, -0.1) is 0 Å². The molecular weight excluding hydrogens is 283 g/mol. The van der Waals surface area contributed by atoms with Crippen LogP contribution in [-0.4, -0.2) is 23.7 Å². The molecule has 1 amide bonds. The third kappa shape index (κ3) is 4.72. The van der Waals surface area contributed by atoms with Crippen LogP contribution in [0.15, 0.2) is 18.2 Å². The lowest BCUT2D eigenvalue weighted by Gasteiger charge is -2.14. The molecule has 1 atom stereocenters. The lowest BCUT2D eigenvalue weighted by atomic mass is 10.1. The molecule has 19 heavy (non-hydrogen) atoms. The molecule has 0 saturated heterocycles. The van der Waals surface area contributed by atoms with E-state index in [2.05, 4.69) is 5.32 Å². The lowest BCUT2D eigenvalue weighted by molar-refractivity contribution is -0.137. The molecule has 0 spiro atoms. The zero-order chi connectivity index (χ0) is 14.6. The largest absolute Gasteiger partial charge is 0.416 e. The highest BCUT2D eigenvalue weighted by molar-refractivity contribution is 6.31. The average molecular weight is 296 g/mol. The fourth-order valence-electron chi connectivity index (χ4n) is 1.46. The van der Waals surface area contributed by atoms with E-state index in [-0.39, 0.29) is 23.2 Å². The molecule has 0 aromatic heterocycles. The van der Waals surface area contributed by atoms with E-state index in [0.717, 1.165) is 18.2 Å². The Bertz CT molecular complexity index is 463. The van der Waals surface area contributed by atoms with Crippen molar-refractivity contribution in [1.82, 2.24) is 5.32 Å². The number of aliphatic hydroxyl groups is 1. The van der Waals surface area contributed by atoms with Gasteiger partial charge in [0.2, 0.25) is 0 Å². The van der Waals surface area contributed by atoms with Gasteiger partial charge in [-0.1, -0.05) is 11.6 Å².